The van der Waals surface area contributed by atoms with Crippen LogP contribution < -0.4 is 0 Å². The Morgan fingerprint density at radius 3 is 2.67 bits per heavy atom. The molecule has 1 aliphatic heterocycles. The fourth-order valence-electron chi connectivity index (χ4n) is 1.08. The lowest BCUT2D eigenvalue weighted by Crippen LogP contribution is -2.38. The third-order valence-corrected chi connectivity index (χ3v) is 1.69. The normalized spacial score (nSPS) is 18.5. The first-order chi connectivity index (χ1) is 5.72. The number of hydrogen-bond acceptors (Lipinski definition) is 3. The summed E-state index contributed by atoms with van der Waals surface area (Å²) in [5.41, 5.74) is 0. The molecule has 1 rings (SSSR count). The highest BCUT2D eigenvalue weighted by Gasteiger charge is 2.21. The second-order valence-electron chi connectivity index (χ2n) is 2.56. The molecule has 0 spiro atoms. The molecule has 1 heterocycles. The van der Waals surface area contributed by atoms with Crippen LogP contribution in [0.5, 0.6) is 0 Å². The molecule has 1 aliphatic rings. The first-order valence-corrected chi connectivity index (χ1v) is 3.82. The first kappa shape index (κ1) is 8.99. The number of amides is 1. The van der Waals surface area contributed by atoms with Crippen molar-refractivity contribution in [3.05, 3.63) is 0 Å². The number of hydrogen-bond donors (Lipinski definition) is 1. The number of aliphatic carboxylic acids is 1. The number of rotatable bonds is 0. The highest BCUT2D eigenvalue weighted by Crippen LogP contribution is 1.99. The van der Waals surface area contributed by atoms with Crippen molar-refractivity contribution in [3.8, 4) is 0 Å². The topological polar surface area (TPSA) is 66.8 Å². The molecule has 0 bridgehead atoms. The lowest BCUT2D eigenvalue weighted by atomic mass is 10.4. The van der Waals surface area contributed by atoms with Crippen molar-refractivity contribution in [1.82, 2.24) is 4.90 Å². The Bertz CT molecular complexity index is 184. The summed E-state index contributed by atoms with van der Waals surface area (Å²) in [4.78, 5) is 22.5. The van der Waals surface area contributed by atoms with Crippen LogP contribution in [0.1, 0.15) is 6.42 Å². The zero-order valence-corrected chi connectivity index (χ0v) is 6.65. The number of ether oxygens (including phenoxy) is 1. The Labute approximate surface area is 69.9 Å². The maximum atomic E-state index is 10.9. The van der Waals surface area contributed by atoms with E-state index in [0.717, 1.165) is 0 Å². The van der Waals surface area contributed by atoms with E-state index in [9.17, 15) is 9.59 Å². The lowest BCUT2D eigenvalue weighted by molar-refractivity contribution is -0.155. The van der Waals surface area contributed by atoms with E-state index in [1.165, 1.54) is 4.90 Å². The average molecular weight is 173 g/mol. The van der Waals surface area contributed by atoms with Crippen molar-refractivity contribution in [3.63, 3.8) is 0 Å². The van der Waals surface area contributed by atoms with Crippen LogP contribution in [0.4, 0.5) is 0 Å². The van der Waals surface area contributed by atoms with Gasteiger partial charge in [0.2, 0.25) is 0 Å². The zero-order chi connectivity index (χ0) is 8.97. The van der Waals surface area contributed by atoms with Crippen molar-refractivity contribution >= 4 is 11.9 Å². The zero-order valence-electron chi connectivity index (χ0n) is 6.65. The van der Waals surface area contributed by atoms with Gasteiger partial charge >= 0.3 is 11.9 Å². The van der Waals surface area contributed by atoms with Gasteiger partial charge in [-0.1, -0.05) is 0 Å². The van der Waals surface area contributed by atoms with Crippen LogP contribution >= 0.6 is 0 Å². The van der Waals surface area contributed by atoms with Gasteiger partial charge in [-0.15, -0.1) is 0 Å². The number of carboxylic acid groups (broad SMARTS) is 1. The van der Waals surface area contributed by atoms with Crippen LogP contribution in [0, 0.1) is 0 Å². The molecular formula is C7H11NO4. The quantitative estimate of drug-likeness (QED) is 0.493. The minimum absolute atomic E-state index is 0.380. The molecule has 0 aromatic heterocycles. The van der Waals surface area contributed by atoms with Gasteiger partial charge in [0.05, 0.1) is 6.61 Å². The predicted molar refractivity (Wildman–Crippen MR) is 39.7 cm³/mol. The van der Waals surface area contributed by atoms with Crippen molar-refractivity contribution in [2.75, 3.05) is 26.3 Å². The summed E-state index contributed by atoms with van der Waals surface area (Å²) in [6.45, 7) is 1.89. The predicted octanol–water partition coefficient (Wildman–Crippen LogP) is -0.680. The SMILES string of the molecule is O=C(O)C(=O)N1CCCOCC1. The molecule has 0 unspecified atom stereocenters. The Morgan fingerprint density at radius 1 is 1.25 bits per heavy atom. The molecular weight excluding hydrogens is 162 g/mol. The maximum Gasteiger partial charge on any atom is 0.394 e. The molecule has 5 nitrogen and oxygen atoms in total. The van der Waals surface area contributed by atoms with Gasteiger partial charge in [0.1, 0.15) is 0 Å². The molecule has 0 aromatic rings. The monoisotopic (exact) mass is 173 g/mol. The molecule has 0 saturated carbocycles. The van der Waals surface area contributed by atoms with E-state index in [1.807, 2.05) is 0 Å². The van der Waals surface area contributed by atoms with Crippen LogP contribution in [-0.4, -0.2) is 48.2 Å². The number of carbonyl (C=O) groups excluding carboxylic acids is 1. The van der Waals surface area contributed by atoms with Crippen molar-refractivity contribution < 1.29 is 19.4 Å². The van der Waals surface area contributed by atoms with Gasteiger partial charge in [-0.2, -0.15) is 0 Å². The van der Waals surface area contributed by atoms with Crippen molar-refractivity contribution in [2.24, 2.45) is 0 Å². The first-order valence-electron chi connectivity index (χ1n) is 3.82. The third kappa shape index (κ3) is 2.20. The molecule has 0 radical (unpaired) electrons. The fraction of sp³-hybridized carbons (Fsp3) is 0.714. The molecule has 0 aliphatic carbocycles. The molecule has 0 atom stereocenters. The highest BCUT2D eigenvalue weighted by atomic mass is 16.5. The van der Waals surface area contributed by atoms with E-state index < -0.39 is 11.9 Å². The van der Waals surface area contributed by atoms with Crippen LogP contribution in [0.2, 0.25) is 0 Å². The van der Waals surface area contributed by atoms with Crippen molar-refractivity contribution in [2.45, 2.75) is 6.42 Å². The summed E-state index contributed by atoms with van der Waals surface area (Å²) in [6, 6.07) is 0. The third-order valence-electron chi connectivity index (χ3n) is 1.69. The smallest absolute Gasteiger partial charge is 0.394 e. The summed E-state index contributed by atoms with van der Waals surface area (Å²) < 4.78 is 5.07. The van der Waals surface area contributed by atoms with Gasteiger partial charge in [0.15, 0.2) is 0 Å². The molecule has 1 fully saturated rings. The van der Waals surface area contributed by atoms with Gasteiger partial charge in [-0.05, 0) is 6.42 Å². The van der Waals surface area contributed by atoms with Gasteiger partial charge in [-0.25, -0.2) is 4.79 Å². The second-order valence-corrected chi connectivity index (χ2v) is 2.56. The summed E-state index contributed by atoms with van der Waals surface area (Å²) in [6.07, 6.45) is 0.707. The minimum Gasteiger partial charge on any atom is -0.474 e. The summed E-state index contributed by atoms with van der Waals surface area (Å²) in [5, 5.41) is 8.39. The summed E-state index contributed by atoms with van der Waals surface area (Å²) in [5.74, 6) is -2.22. The molecule has 1 amide bonds. The number of carbonyl (C=O) groups is 2. The van der Waals surface area contributed by atoms with Crippen LogP contribution in [0.3, 0.4) is 0 Å². The highest BCUT2D eigenvalue weighted by molar-refractivity contribution is 6.31. The summed E-state index contributed by atoms with van der Waals surface area (Å²) in [7, 11) is 0. The van der Waals surface area contributed by atoms with Gasteiger partial charge < -0.3 is 14.7 Å². The van der Waals surface area contributed by atoms with Gasteiger partial charge in [0.25, 0.3) is 0 Å². The Hall–Kier alpha value is -1.10. The average Bonchev–Trinajstić information content (AvgIpc) is 2.30. The van der Waals surface area contributed by atoms with E-state index in [0.29, 0.717) is 32.7 Å². The lowest BCUT2D eigenvalue weighted by Gasteiger charge is -2.16. The standard InChI is InChI=1S/C7H11NO4/c9-6(7(10)11)8-2-1-4-12-5-3-8/h1-5H2,(H,10,11). The van der Waals surface area contributed by atoms with E-state index in [4.69, 9.17) is 9.84 Å². The second kappa shape index (κ2) is 4.06. The maximum absolute atomic E-state index is 10.9. The minimum atomic E-state index is -1.39. The molecule has 5 heteroatoms. The van der Waals surface area contributed by atoms with E-state index >= 15 is 0 Å². The largest absolute Gasteiger partial charge is 0.474 e. The molecule has 1 N–H and O–H groups in total. The van der Waals surface area contributed by atoms with E-state index in [2.05, 4.69) is 0 Å². The van der Waals surface area contributed by atoms with E-state index in [1.54, 1.807) is 0 Å². The molecule has 0 aromatic carbocycles. The van der Waals surface area contributed by atoms with Crippen molar-refractivity contribution in [1.29, 1.82) is 0 Å². The van der Waals surface area contributed by atoms with E-state index in [-0.39, 0.29) is 0 Å². The Morgan fingerprint density at radius 2 is 2.00 bits per heavy atom. The summed E-state index contributed by atoms with van der Waals surface area (Å²) >= 11 is 0. The number of carboxylic acids is 1. The Balaban J connectivity index is 2.48. The van der Waals surface area contributed by atoms with Crippen LogP contribution in [0.25, 0.3) is 0 Å². The van der Waals surface area contributed by atoms with Gasteiger partial charge in [-0.3, -0.25) is 4.79 Å². The van der Waals surface area contributed by atoms with Crippen LogP contribution in [0.15, 0.2) is 0 Å². The van der Waals surface area contributed by atoms with Crippen LogP contribution in [-0.2, 0) is 14.3 Å². The molecule has 12 heavy (non-hydrogen) atoms. The molecule has 1 saturated heterocycles. The molecule has 68 valence electrons. The Kier molecular flexibility index (Phi) is 3.04. The number of nitrogens with zero attached hydrogens (tertiary/aromatic N) is 1. The fourth-order valence-corrected chi connectivity index (χ4v) is 1.08. The van der Waals surface area contributed by atoms with Gasteiger partial charge in [0, 0.05) is 19.7 Å².